The smallest absolute Gasteiger partial charge is 0.462 e. The van der Waals surface area contributed by atoms with Crippen LogP contribution in [0.15, 0.2) is 0 Å². The van der Waals surface area contributed by atoms with E-state index in [1.165, 1.54) is 96.3 Å². The maximum atomic E-state index is 12.9. The fraction of sp³-hybridized carbons (Fsp3) is 0.934. The van der Waals surface area contributed by atoms with Gasteiger partial charge in [-0.25, -0.2) is 9.13 Å². The summed E-state index contributed by atoms with van der Waals surface area (Å²) in [4.78, 5) is 71.9. The van der Waals surface area contributed by atoms with E-state index in [9.17, 15) is 43.2 Å². The van der Waals surface area contributed by atoms with E-state index in [4.69, 9.17) is 37.0 Å². The number of carbonyl (C=O) groups excluding carboxylic acids is 4. The number of aliphatic hydroxyl groups excluding tert-OH is 1. The van der Waals surface area contributed by atoms with Crippen molar-refractivity contribution < 1.29 is 80.2 Å². The lowest BCUT2D eigenvalue weighted by Crippen LogP contribution is -2.30. The molecule has 0 saturated heterocycles. The Bertz CT molecular complexity index is 1580. The molecule has 0 aromatic heterocycles. The summed E-state index contributed by atoms with van der Waals surface area (Å²) in [6, 6.07) is 0. The summed E-state index contributed by atoms with van der Waals surface area (Å²) in [5.41, 5.74) is 0. The van der Waals surface area contributed by atoms with Crippen LogP contribution in [0.4, 0.5) is 0 Å². The van der Waals surface area contributed by atoms with Gasteiger partial charge in [-0.1, -0.05) is 247 Å². The second-order valence-corrected chi connectivity index (χ2v) is 25.9. The third-order valence-electron chi connectivity index (χ3n) is 14.0. The normalized spacial score (nSPS) is 14.4. The van der Waals surface area contributed by atoms with Gasteiger partial charge in [0, 0.05) is 25.7 Å². The van der Waals surface area contributed by atoms with E-state index in [1.54, 1.807) is 0 Å². The van der Waals surface area contributed by atoms with Gasteiger partial charge in [-0.2, -0.15) is 0 Å². The van der Waals surface area contributed by atoms with Crippen molar-refractivity contribution in [1.82, 2.24) is 0 Å². The van der Waals surface area contributed by atoms with E-state index < -0.39 is 97.5 Å². The summed E-state index contributed by atoms with van der Waals surface area (Å²) in [5.74, 6) is -0.653. The van der Waals surface area contributed by atoms with Crippen molar-refractivity contribution in [1.29, 1.82) is 0 Å². The Morgan fingerprint density at radius 2 is 0.575 bits per heavy atom. The van der Waals surface area contributed by atoms with E-state index in [0.717, 1.165) is 121 Å². The molecule has 0 amide bonds. The Hall–Kier alpha value is -1.94. The number of phosphoric ester groups is 2. The van der Waals surface area contributed by atoms with Gasteiger partial charge in [0.05, 0.1) is 26.4 Å². The summed E-state index contributed by atoms with van der Waals surface area (Å²) in [7, 11) is -9.87. The van der Waals surface area contributed by atoms with Crippen molar-refractivity contribution in [3.63, 3.8) is 0 Å². The molecule has 3 N–H and O–H groups in total. The van der Waals surface area contributed by atoms with Crippen molar-refractivity contribution in [2.45, 2.75) is 317 Å². The molecule has 5 atom stereocenters. The van der Waals surface area contributed by atoms with Crippen LogP contribution in [-0.4, -0.2) is 96.7 Å². The fourth-order valence-electron chi connectivity index (χ4n) is 9.00. The number of carbonyl (C=O) groups is 4. The SMILES string of the molecule is CCCCCCCCCCC(=O)O[C@H](COC(=O)CCCCCCCCC)COP(=O)(O)OC[C@H](O)COP(=O)(O)OC[C@@H](COC(=O)CCCCCCCCCCC(C)C)OC(=O)CCCCCCCCCCCCCC(C)C. The van der Waals surface area contributed by atoms with Gasteiger partial charge >= 0.3 is 39.5 Å². The highest BCUT2D eigenvalue weighted by Gasteiger charge is 2.30. The van der Waals surface area contributed by atoms with E-state index in [-0.39, 0.29) is 25.7 Å². The van der Waals surface area contributed by atoms with Gasteiger partial charge < -0.3 is 33.8 Å². The molecule has 2 unspecified atom stereocenters. The van der Waals surface area contributed by atoms with Gasteiger partial charge in [-0.15, -0.1) is 0 Å². The van der Waals surface area contributed by atoms with E-state index in [2.05, 4.69) is 41.5 Å². The summed E-state index contributed by atoms with van der Waals surface area (Å²) in [6.45, 7) is 9.37. The molecule has 0 fully saturated rings. The predicted molar refractivity (Wildman–Crippen MR) is 317 cm³/mol. The van der Waals surface area contributed by atoms with E-state index >= 15 is 0 Å². The zero-order valence-electron chi connectivity index (χ0n) is 51.4. The van der Waals surface area contributed by atoms with Crippen LogP contribution < -0.4 is 0 Å². The van der Waals surface area contributed by atoms with Gasteiger partial charge in [0.1, 0.15) is 19.3 Å². The molecule has 0 aromatic rings. The van der Waals surface area contributed by atoms with Crippen molar-refractivity contribution in [2.24, 2.45) is 11.8 Å². The molecule has 0 aromatic carbocycles. The lowest BCUT2D eigenvalue weighted by Gasteiger charge is -2.21. The van der Waals surface area contributed by atoms with Crippen LogP contribution in [0.25, 0.3) is 0 Å². The van der Waals surface area contributed by atoms with Crippen LogP contribution in [0.2, 0.25) is 0 Å². The van der Waals surface area contributed by atoms with Gasteiger partial charge in [0.2, 0.25) is 0 Å². The molecule has 0 radical (unpaired) electrons. The first-order chi connectivity index (χ1) is 38.4. The fourth-order valence-corrected chi connectivity index (χ4v) is 10.6. The molecule has 474 valence electrons. The van der Waals surface area contributed by atoms with Crippen LogP contribution in [-0.2, 0) is 65.4 Å². The topological polar surface area (TPSA) is 237 Å². The third-order valence-corrected chi connectivity index (χ3v) is 15.9. The molecule has 0 heterocycles. The average molecular weight is 1190 g/mol. The first-order valence-corrected chi connectivity index (χ1v) is 35.0. The standard InChI is InChI=1S/C61H118O17P2/c1-7-9-11-13-15-26-33-39-45-60(65)77-56(49-71-58(63)43-37-31-23-14-12-10-8-2)51-75-79(67,68)73-47-55(62)48-74-80(69,70)76-52-57(50-72-59(64)44-38-32-27-22-21-25-30-36-42-54(5)6)78-61(66)46-40-34-28-20-18-16-17-19-24-29-35-41-53(3)4/h53-57,62H,7-52H2,1-6H3,(H,67,68)(H,69,70)/t55-,56+,57+/m0/s1. The van der Waals surface area contributed by atoms with Gasteiger partial charge in [-0.3, -0.25) is 37.3 Å². The van der Waals surface area contributed by atoms with Crippen LogP contribution in [0, 0.1) is 11.8 Å². The van der Waals surface area contributed by atoms with Crippen LogP contribution >= 0.6 is 15.6 Å². The number of esters is 4. The Balaban J connectivity index is 5.20. The molecule has 0 aliphatic rings. The molecule has 0 spiro atoms. The molecule has 0 rings (SSSR count). The maximum Gasteiger partial charge on any atom is 0.472 e. The summed E-state index contributed by atoms with van der Waals surface area (Å²) >= 11 is 0. The van der Waals surface area contributed by atoms with Crippen LogP contribution in [0.1, 0.15) is 298 Å². The molecule has 0 aliphatic carbocycles. The van der Waals surface area contributed by atoms with E-state index in [0.29, 0.717) is 25.7 Å². The second kappa shape index (κ2) is 53.8. The molecule has 0 aliphatic heterocycles. The highest BCUT2D eigenvalue weighted by Crippen LogP contribution is 2.45. The van der Waals surface area contributed by atoms with Gasteiger partial charge in [-0.05, 0) is 37.5 Å². The van der Waals surface area contributed by atoms with Gasteiger partial charge in [0.15, 0.2) is 12.2 Å². The number of rotatable bonds is 60. The zero-order valence-corrected chi connectivity index (χ0v) is 53.2. The highest BCUT2D eigenvalue weighted by atomic mass is 31.2. The Morgan fingerprint density at radius 3 is 0.850 bits per heavy atom. The first-order valence-electron chi connectivity index (χ1n) is 32.0. The number of unbranched alkanes of at least 4 members (excludes halogenated alkanes) is 30. The third kappa shape index (κ3) is 55.3. The molecule has 80 heavy (non-hydrogen) atoms. The number of hydrogen-bond donors (Lipinski definition) is 3. The quantitative estimate of drug-likeness (QED) is 0.0222. The first kappa shape index (κ1) is 78.1. The van der Waals surface area contributed by atoms with Crippen LogP contribution in [0.5, 0.6) is 0 Å². The van der Waals surface area contributed by atoms with Crippen molar-refractivity contribution in [3.05, 3.63) is 0 Å². The molecular formula is C61H118O17P2. The summed E-state index contributed by atoms with van der Waals surface area (Å²) in [5, 5.41) is 10.5. The Kier molecular flexibility index (Phi) is 52.5. The molecule has 0 bridgehead atoms. The van der Waals surface area contributed by atoms with Crippen molar-refractivity contribution in [2.75, 3.05) is 39.6 Å². The highest BCUT2D eigenvalue weighted by molar-refractivity contribution is 7.47. The second-order valence-electron chi connectivity index (χ2n) is 23.0. The molecule has 0 saturated carbocycles. The Labute approximate surface area is 486 Å². The molecular weight excluding hydrogens is 1070 g/mol. The summed E-state index contributed by atoms with van der Waals surface area (Å²) in [6.07, 6.45) is 35.0. The van der Waals surface area contributed by atoms with Crippen LogP contribution in [0.3, 0.4) is 0 Å². The zero-order chi connectivity index (χ0) is 59.4. The van der Waals surface area contributed by atoms with Crippen molar-refractivity contribution >= 4 is 39.5 Å². The monoisotopic (exact) mass is 1180 g/mol. The van der Waals surface area contributed by atoms with E-state index in [1.807, 2.05) is 0 Å². The molecule has 19 heteroatoms. The largest absolute Gasteiger partial charge is 0.472 e. The maximum absolute atomic E-state index is 12.9. The molecule has 17 nitrogen and oxygen atoms in total. The van der Waals surface area contributed by atoms with Crippen molar-refractivity contribution in [3.8, 4) is 0 Å². The van der Waals surface area contributed by atoms with Gasteiger partial charge in [0.25, 0.3) is 0 Å². The number of hydrogen-bond acceptors (Lipinski definition) is 15. The number of ether oxygens (including phenoxy) is 4. The Morgan fingerprint density at radius 1 is 0.338 bits per heavy atom. The minimum atomic E-state index is -4.94. The number of aliphatic hydroxyl groups is 1. The number of phosphoric acid groups is 2. The predicted octanol–water partition coefficient (Wildman–Crippen LogP) is 16.5. The summed E-state index contributed by atoms with van der Waals surface area (Å²) < 4.78 is 67.7. The minimum absolute atomic E-state index is 0.104. The lowest BCUT2D eigenvalue weighted by atomic mass is 10.0. The lowest BCUT2D eigenvalue weighted by molar-refractivity contribution is -0.161. The minimum Gasteiger partial charge on any atom is -0.462 e. The average Bonchev–Trinajstić information content (AvgIpc) is 3.41.